The largest absolute Gasteiger partial charge is 0.330 e. The lowest BCUT2D eigenvalue weighted by Gasteiger charge is -2.11. The first-order valence-electron chi connectivity index (χ1n) is 5.49. The van der Waals surface area contributed by atoms with E-state index in [1.54, 1.807) is 25.6 Å². The molecule has 1 aromatic rings. The van der Waals surface area contributed by atoms with Gasteiger partial charge in [0.25, 0.3) is 0 Å². The lowest BCUT2D eigenvalue weighted by atomic mass is 10.2. The molecule has 0 aliphatic carbocycles. The van der Waals surface area contributed by atoms with Crippen molar-refractivity contribution in [2.45, 2.75) is 25.7 Å². The van der Waals surface area contributed by atoms with Crippen LogP contribution in [-0.2, 0) is 17.1 Å². The van der Waals surface area contributed by atoms with Gasteiger partial charge < -0.3 is 5.73 Å². The molecule has 0 saturated carbocycles. The molecule has 0 amide bonds. The van der Waals surface area contributed by atoms with Gasteiger partial charge in [-0.25, -0.2) is 13.1 Å². The topological polar surface area (TPSA) is 90.0 Å². The van der Waals surface area contributed by atoms with Crippen molar-refractivity contribution in [1.82, 2.24) is 14.5 Å². The van der Waals surface area contributed by atoms with E-state index in [9.17, 15) is 8.42 Å². The zero-order chi connectivity index (χ0) is 13.2. The van der Waals surface area contributed by atoms with Gasteiger partial charge >= 0.3 is 0 Å². The molecule has 0 radical (unpaired) electrons. The van der Waals surface area contributed by atoms with Gasteiger partial charge in [-0.15, -0.1) is 0 Å². The monoisotopic (exact) mass is 260 g/mol. The molecule has 98 valence electrons. The molecule has 0 aliphatic rings. The SMILES string of the molecule is Cc1nn(C)c(C)c1S(=O)(=O)NCC(C)CN. The molecule has 7 heteroatoms. The van der Waals surface area contributed by atoms with Gasteiger partial charge in [-0.1, -0.05) is 6.92 Å². The first kappa shape index (κ1) is 14.1. The minimum Gasteiger partial charge on any atom is -0.330 e. The quantitative estimate of drug-likeness (QED) is 0.774. The van der Waals surface area contributed by atoms with E-state index in [0.29, 0.717) is 24.5 Å². The summed E-state index contributed by atoms with van der Waals surface area (Å²) in [6.07, 6.45) is 0. The summed E-state index contributed by atoms with van der Waals surface area (Å²) >= 11 is 0. The maximum atomic E-state index is 12.1. The highest BCUT2D eigenvalue weighted by Crippen LogP contribution is 2.18. The highest BCUT2D eigenvalue weighted by molar-refractivity contribution is 7.89. The van der Waals surface area contributed by atoms with Crippen molar-refractivity contribution in [2.24, 2.45) is 18.7 Å². The number of rotatable bonds is 5. The summed E-state index contributed by atoms with van der Waals surface area (Å²) in [5.74, 6) is 0.113. The van der Waals surface area contributed by atoms with E-state index >= 15 is 0 Å². The van der Waals surface area contributed by atoms with Crippen LogP contribution in [0, 0.1) is 19.8 Å². The fraction of sp³-hybridized carbons (Fsp3) is 0.700. The molecule has 1 rings (SSSR count). The average molecular weight is 260 g/mol. The predicted octanol–water partition coefficient (Wildman–Crippen LogP) is -0.0900. The van der Waals surface area contributed by atoms with Crippen molar-refractivity contribution in [3.05, 3.63) is 11.4 Å². The zero-order valence-corrected chi connectivity index (χ0v) is 11.5. The molecule has 0 saturated heterocycles. The summed E-state index contributed by atoms with van der Waals surface area (Å²) in [6.45, 7) is 6.11. The molecule has 0 fully saturated rings. The second-order valence-corrected chi connectivity index (χ2v) is 6.02. The highest BCUT2D eigenvalue weighted by atomic mass is 32.2. The summed E-state index contributed by atoms with van der Waals surface area (Å²) in [4.78, 5) is 0.268. The Kier molecular flexibility index (Phi) is 4.29. The Hall–Kier alpha value is -0.920. The number of sulfonamides is 1. The van der Waals surface area contributed by atoms with Crippen LogP contribution in [0.4, 0.5) is 0 Å². The number of nitrogens with zero attached hydrogens (tertiary/aromatic N) is 2. The smallest absolute Gasteiger partial charge is 0.244 e. The molecule has 0 aromatic carbocycles. The third-order valence-electron chi connectivity index (χ3n) is 2.74. The summed E-state index contributed by atoms with van der Waals surface area (Å²) in [5.41, 5.74) is 6.60. The highest BCUT2D eigenvalue weighted by Gasteiger charge is 2.23. The molecule has 6 nitrogen and oxygen atoms in total. The van der Waals surface area contributed by atoms with Crippen LogP contribution in [-0.4, -0.2) is 31.3 Å². The minimum absolute atomic E-state index is 0.113. The van der Waals surface area contributed by atoms with E-state index in [1.165, 1.54) is 0 Å². The second kappa shape index (κ2) is 5.16. The third kappa shape index (κ3) is 3.05. The Morgan fingerprint density at radius 1 is 1.47 bits per heavy atom. The molecule has 1 atom stereocenters. The predicted molar refractivity (Wildman–Crippen MR) is 66.1 cm³/mol. The number of hydrogen-bond donors (Lipinski definition) is 2. The van der Waals surface area contributed by atoms with E-state index in [0.717, 1.165) is 0 Å². The molecule has 1 unspecified atom stereocenters. The molecule has 0 bridgehead atoms. The summed E-state index contributed by atoms with van der Waals surface area (Å²) in [6, 6.07) is 0. The van der Waals surface area contributed by atoms with Crippen LogP contribution in [0.25, 0.3) is 0 Å². The normalized spacial score (nSPS) is 13.9. The molecular weight excluding hydrogens is 240 g/mol. The van der Waals surface area contributed by atoms with Gasteiger partial charge in [-0.2, -0.15) is 5.10 Å². The molecule has 0 spiro atoms. The molecule has 3 N–H and O–H groups in total. The summed E-state index contributed by atoms with van der Waals surface area (Å²) in [7, 11) is -1.77. The van der Waals surface area contributed by atoms with Crippen LogP contribution in [0.2, 0.25) is 0 Å². The first-order valence-corrected chi connectivity index (χ1v) is 6.97. The van der Waals surface area contributed by atoms with Gasteiger partial charge in [0.15, 0.2) is 0 Å². The molecule has 1 aromatic heterocycles. The van der Waals surface area contributed by atoms with E-state index in [2.05, 4.69) is 9.82 Å². The van der Waals surface area contributed by atoms with Crippen molar-refractivity contribution in [3.8, 4) is 0 Å². The fourth-order valence-corrected chi connectivity index (χ4v) is 3.15. The van der Waals surface area contributed by atoms with Crippen LogP contribution in [0.1, 0.15) is 18.3 Å². The Labute approximate surface area is 102 Å². The van der Waals surface area contributed by atoms with Crippen LogP contribution < -0.4 is 10.5 Å². The summed E-state index contributed by atoms with van der Waals surface area (Å²) < 4.78 is 28.3. The van der Waals surface area contributed by atoms with E-state index in [-0.39, 0.29) is 10.8 Å². The molecule has 1 heterocycles. The average Bonchev–Trinajstić information content (AvgIpc) is 2.50. The van der Waals surface area contributed by atoms with Crippen molar-refractivity contribution >= 4 is 10.0 Å². The van der Waals surface area contributed by atoms with Crippen LogP contribution >= 0.6 is 0 Å². The minimum atomic E-state index is -3.49. The summed E-state index contributed by atoms with van der Waals surface area (Å²) in [5, 5.41) is 4.10. The van der Waals surface area contributed by atoms with Gasteiger partial charge in [-0.05, 0) is 26.3 Å². The second-order valence-electron chi connectivity index (χ2n) is 4.32. The fourth-order valence-electron chi connectivity index (χ4n) is 1.55. The van der Waals surface area contributed by atoms with Crippen LogP contribution in [0.3, 0.4) is 0 Å². The zero-order valence-electron chi connectivity index (χ0n) is 10.7. The molecule has 17 heavy (non-hydrogen) atoms. The molecular formula is C10H20N4O2S. The molecule has 0 aliphatic heterocycles. The number of aryl methyl sites for hydroxylation is 2. The van der Waals surface area contributed by atoms with Gasteiger partial charge in [0, 0.05) is 13.6 Å². The number of aromatic nitrogens is 2. The van der Waals surface area contributed by atoms with Crippen molar-refractivity contribution < 1.29 is 8.42 Å². The Morgan fingerprint density at radius 3 is 2.47 bits per heavy atom. The van der Waals surface area contributed by atoms with E-state index in [1.807, 2.05) is 6.92 Å². The standard InChI is InChI=1S/C10H20N4O2S/c1-7(5-11)6-12-17(15,16)10-8(2)13-14(4)9(10)3/h7,12H,5-6,11H2,1-4H3. The Balaban J connectivity index is 2.98. The van der Waals surface area contributed by atoms with Crippen molar-refractivity contribution in [1.29, 1.82) is 0 Å². The van der Waals surface area contributed by atoms with Gasteiger partial charge in [0.1, 0.15) is 4.90 Å². The number of hydrogen-bond acceptors (Lipinski definition) is 4. The lowest BCUT2D eigenvalue weighted by Crippen LogP contribution is -2.31. The van der Waals surface area contributed by atoms with Crippen LogP contribution in [0.15, 0.2) is 4.90 Å². The lowest BCUT2D eigenvalue weighted by molar-refractivity contribution is 0.544. The Bertz CT molecular complexity index is 493. The van der Waals surface area contributed by atoms with E-state index in [4.69, 9.17) is 5.73 Å². The number of nitrogens with one attached hydrogen (secondary N) is 1. The van der Waals surface area contributed by atoms with Gasteiger partial charge in [0.05, 0.1) is 11.4 Å². The maximum absolute atomic E-state index is 12.1. The Morgan fingerprint density at radius 2 is 2.06 bits per heavy atom. The van der Waals surface area contributed by atoms with Crippen molar-refractivity contribution in [3.63, 3.8) is 0 Å². The van der Waals surface area contributed by atoms with Crippen molar-refractivity contribution in [2.75, 3.05) is 13.1 Å². The third-order valence-corrected chi connectivity index (χ3v) is 4.41. The van der Waals surface area contributed by atoms with Gasteiger partial charge in [0.2, 0.25) is 10.0 Å². The van der Waals surface area contributed by atoms with E-state index < -0.39 is 10.0 Å². The first-order chi connectivity index (χ1) is 7.79. The van der Waals surface area contributed by atoms with Gasteiger partial charge in [-0.3, -0.25) is 4.68 Å². The van der Waals surface area contributed by atoms with Crippen LogP contribution in [0.5, 0.6) is 0 Å². The number of nitrogens with two attached hydrogens (primary N) is 1. The maximum Gasteiger partial charge on any atom is 0.244 e.